The fourth-order valence-corrected chi connectivity index (χ4v) is 3.18. The molecule has 0 aromatic carbocycles. The van der Waals surface area contributed by atoms with E-state index in [1.54, 1.807) is 11.3 Å². The van der Waals surface area contributed by atoms with Gasteiger partial charge in [0.2, 0.25) is 5.91 Å². The van der Waals surface area contributed by atoms with Gasteiger partial charge in [0.25, 0.3) is 0 Å². The first-order valence-corrected chi connectivity index (χ1v) is 7.11. The molecule has 0 saturated heterocycles. The van der Waals surface area contributed by atoms with Crippen molar-refractivity contribution in [1.29, 1.82) is 0 Å². The molecule has 1 saturated carbocycles. The van der Waals surface area contributed by atoms with Gasteiger partial charge in [0, 0.05) is 21.7 Å². The highest BCUT2D eigenvalue weighted by atomic mass is 35.5. The molecule has 3 N–H and O–H groups in total. The molecule has 1 aromatic rings. The minimum atomic E-state index is 0. The van der Waals surface area contributed by atoms with Crippen LogP contribution in [0.1, 0.15) is 35.9 Å². The first-order chi connectivity index (χ1) is 8.19. The SMILES string of the molecule is CCc1ccc(CNC(=O)C2CCC(N)C2)s1.Cl. The number of halogens is 1. The normalized spacial score (nSPS) is 22.6. The van der Waals surface area contributed by atoms with E-state index < -0.39 is 0 Å². The van der Waals surface area contributed by atoms with Crippen LogP contribution in [0, 0.1) is 5.92 Å². The lowest BCUT2D eigenvalue weighted by Gasteiger charge is -2.09. The van der Waals surface area contributed by atoms with Gasteiger partial charge in [-0.3, -0.25) is 4.79 Å². The van der Waals surface area contributed by atoms with E-state index in [1.165, 1.54) is 9.75 Å². The van der Waals surface area contributed by atoms with Crippen molar-refractivity contribution in [2.24, 2.45) is 11.7 Å². The fraction of sp³-hybridized carbons (Fsp3) is 0.615. The minimum absolute atomic E-state index is 0. The minimum Gasteiger partial charge on any atom is -0.351 e. The second-order valence-electron chi connectivity index (χ2n) is 4.71. The number of thiophene rings is 1. The van der Waals surface area contributed by atoms with Crippen molar-refractivity contribution in [3.63, 3.8) is 0 Å². The van der Waals surface area contributed by atoms with Crippen molar-refractivity contribution in [2.45, 2.75) is 45.2 Å². The second-order valence-corrected chi connectivity index (χ2v) is 5.96. The summed E-state index contributed by atoms with van der Waals surface area (Å²) in [6, 6.07) is 4.46. The van der Waals surface area contributed by atoms with Gasteiger partial charge in [-0.2, -0.15) is 0 Å². The third-order valence-corrected chi connectivity index (χ3v) is 4.58. The highest BCUT2D eigenvalue weighted by Gasteiger charge is 2.27. The van der Waals surface area contributed by atoms with Gasteiger partial charge in [0.15, 0.2) is 0 Å². The van der Waals surface area contributed by atoms with Crippen LogP contribution in [0.25, 0.3) is 0 Å². The number of nitrogens with one attached hydrogen (secondary N) is 1. The number of carbonyl (C=O) groups excluding carboxylic acids is 1. The number of hydrogen-bond donors (Lipinski definition) is 2. The molecule has 0 spiro atoms. The van der Waals surface area contributed by atoms with Gasteiger partial charge in [0.05, 0.1) is 6.54 Å². The largest absolute Gasteiger partial charge is 0.351 e. The zero-order chi connectivity index (χ0) is 12.3. The summed E-state index contributed by atoms with van der Waals surface area (Å²) >= 11 is 1.78. The van der Waals surface area contributed by atoms with Crippen LogP contribution >= 0.6 is 23.7 Å². The van der Waals surface area contributed by atoms with Crippen LogP contribution in [0.15, 0.2) is 12.1 Å². The first-order valence-electron chi connectivity index (χ1n) is 6.30. The predicted octanol–water partition coefficient (Wildman–Crippen LogP) is 2.48. The van der Waals surface area contributed by atoms with E-state index in [4.69, 9.17) is 5.73 Å². The molecule has 2 unspecified atom stereocenters. The molecule has 0 radical (unpaired) electrons. The Hall–Kier alpha value is -0.580. The fourth-order valence-electron chi connectivity index (χ4n) is 2.28. The standard InChI is InChI=1S/C13H20N2OS.ClH/c1-2-11-5-6-12(17-11)8-15-13(16)9-3-4-10(14)7-9;/h5-6,9-10H,2-4,7-8,14H2,1H3,(H,15,16);1H. The molecule has 1 aliphatic carbocycles. The molecule has 1 fully saturated rings. The van der Waals surface area contributed by atoms with Crippen LogP contribution in [-0.4, -0.2) is 11.9 Å². The Bertz CT molecular complexity index is 394. The Labute approximate surface area is 119 Å². The van der Waals surface area contributed by atoms with Gasteiger partial charge in [-0.1, -0.05) is 6.92 Å². The summed E-state index contributed by atoms with van der Waals surface area (Å²) in [5.41, 5.74) is 5.81. The molecule has 102 valence electrons. The summed E-state index contributed by atoms with van der Waals surface area (Å²) in [6.45, 7) is 2.81. The molecule has 5 heteroatoms. The smallest absolute Gasteiger partial charge is 0.223 e. The average molecular weight is 289 g/mol. The number of carbonyl (C=O) groups is 1. The van der Waals surface area contributed by atoms with E-state index in [9.17, 15) is 4.79 Å². The lowest BCUT2D eigenvalue weighted by atomic mass is 10.1. The lowest BCUT2D eigenvalue weighted by molar-refractivity contribution is -0.124. The van der Waals surface area contributed by atoms with E-state index >= 15 is 0 Å². The molecule has 2 rings (SSSR count). The summed E-state index contributed by atoms with van der Waals surface area (Å²) in [5, 5.41) is 3.01. The van der Waals surface area contributed by atoms with Crippen molar-refractivity contribution in [1.82, 2.24) is 5.32 Å². The van der Waals surface area contributed by atoms with Gasteiger partial charge >= 0.3 is 0 Å². The van der Waals surface area contributed by atoms with Gasteiger partial charge in [-0.05, 0) is 37.8 Å². The zero-order valence-electron chi connectivity index (χ0n) is 10.6. The van der Waals surface area contributed by atoms with E-state index in [-0.39, 0.29) is 30.3 Å². The van der Waals surface area contributed by atoms with E-state index in [0.717, 1.165) is 25.7 Å². The number of amides is 1. The summed E-state index contributed by atoms with van der Waals surface area (Å²) in [6.07, 6.45) is 3.83. The highest BCUT2D eigenvalue weighted by Crippen LogP contribution is 2.24. The van der Waals surface area contributed by atoms with Crippen LogP contribution in [0.2, 0.25) is 0 Å². The molecule has 0 aliphatic heterocycles. The van der Waals surface area contributed by atoms with Crippen molar-refractivity contribution in [2.75, 3.05) is 0 Å². The van der Waals surface area contributed by atoms with Crippen LogP contribution in [-0.2, 0) is 17.8 Å². The molecule has 1 aliphatic rings. The van der Waals surface area contributed by atoms with Crippen molar-refractivity contribution in [3.05, 3.63) is 21.9 Å². The first kappa shape index (κ1) is 15.5. The number of nitrogens with two attached hydrogens (primary N) is 1. The van der Waals surface area contributed by atoms with Gasteiger partial charge in [-0.25, -0.2) is 0 Å². The van der Waals surface area contributed by atoms with Crippen molar-refractivity contribution >= 4 is 29.7 Å². The van der Waals surface area contributed by atoms with Gasteiger partial charge in [0.1, 0.15) is 0 Å². The lowest BCUT2D eigenvalue weighted by Crippen LogP contribution is -2.29. The Morgan fingerprint density at radius 3 is 2.72 bits per heavy atom. The summed E-state index contributed by atoms with van der Waals surface area (Å²) in [4.78, 5) is 14.5. The highest BCUT2D eigenvalue weighted by molar-refractivity contribution is 7.11. The predicted molar refractivity (Wildman–Crippen MR) is 78.1 cm³/mol. The molecule has 1 amide bonds. The molecule has 1 heterocycles. The number of aryl methyl sites for hydroxylation is 1. The second kappa shape index (κ2) is 7.12. The van der Waals surface area contributed by atoms with E-state index in [0.29, 0.717) is 6.54 Å². The zero-order valence-corrected chi connectivity index (χ0v) is 12.3. The number of hydrogen-bond acceptors (Lipinski definition) is 3. The van der Waals surface area contributed by atoms with Crippen LogP contribution in [0.5, 0.6) is 0 Å². The van der Waals surface area contributed by atoms with Crippen LogP contribution in [0.4, 0.5) is 0 Å². The maximum Gasteiger partial charge on any atom is 0.223 e. The maximum atomic E-state index is 11.9. The molecule has 3 nitrogen and oxygen atoms in total. The van der Waals surface area contributed by atoms with Crippen LogP contribution in [0.3, 0.4) is 0 Å². The molecule has 1 aromatic heterocycles. The van der Waals surface area contributed by atoms with Gasteiger partial charge < -0.3 is 11.1 Å². The average Bonchev–Trinajstić information content (AvgIpc) is 2.94. The Kier molecular flexibility index (Phi) is 6.12. The molecule has 0 bridgehead atoms. The summed E-state index contributed by atoms with van der Waals surface area (Å²) < 4.78 is 0. The molecule has 18 heavy (non-hydrogen) atoms. The maximum absolute atomic E-state index is 11.9. The van der Waals surface area contributed by atoms with Crippen molar-refractivity contribution in [3.8, 4) is 0 Å². The van der Waals surface area contributed by atoms with Crippen molar-refractivity contribution < 1.29 is 4.79 Å². The van der Waals surface area contributed by atoms with E-state index in [1.807, 2.05) is 0 Å². The molecular weight excluding hydrogens is 268 g/mol. The molecular formula is C13H21ClN2OS. The Balaban J connectivity index is 0.00000162. The third-order valence-electron chi connectivity index (χ3n) is 3.35. The summed E-state index contributed by atoms with van der Waals surface area (Å²) in [7, 11) is 0. The number of rotatable bonds is 4. The summed E-state index contributed by atoms with van der Waals surface area (Å²) in [5.74, 6) is 0.306. The Morgan fingerprint density at radius 2 is 2.17 bits per heavy atom. The Morgan fingerprint density at radius 1 is 1.44 bits per heavy atom. The van der Waals surface area contributed by atoms with Gasteiger partial charge in [-0.15, -0.1) is 23.7 Å². The topological polar surface area (TPSA) is 55.1 Å². The molecule has 2 atom stereocenters. The third kappa shape index (κ3) is 3.97. The monoisotopic (exact) mass is 288 g/mol. The van der Waals surface area contributed by atoms with Crippen LogP contribution < -0.4 is 11.1 Å². The quantitative estimate of drug-likeness (QED) is 0.894. The van der Waals surface area contributed by atoms with E-state index in [2.05, 4.69) is 24.4 Å².